The number of carbonyl (C=O) groups excluding carboxylic acids is 2. The van der Waals surface area contributed by atoms with Crippen molar-refractivity contribution in [3.8, 4) is 0 Å². The number of imide groups is 1. The van der Waals surface area contributed by atoms with Gasteiger partial charge in [0.25, 0.3) is 5.91 Å². The lowest BCUT2D eigenvalue weighted by Crippen LogP contribution is -3.28. The fourth-order valence-electron chi connectivity index (χ4n) is 4.76. The third kappa shape index (κ3) is 4.40. The van der Waals surface area contributed by atoms with Crippen molar-refractivity contribution < 1.29 is 19.4 Å². The van der Waals surface area contributed by atoms with Crippen LogP contribution >= 0.6 is 0 Å². The molecule has 0 radical (unpaired) electrons. The van der Waals surface area contributed by atoms with E-state index >= 15 is 0 Å². The van der Waals surface area contributed by atoms with Crippen LogP contribution in [0, 0.1) is 0 Å². The van der Waals surface area contributed by atoms with E-state index in [1.165, 1.54) is 25.8 Å². The third-order valence-electron chi connectivity index (χ3n) is 6.34. The van der Waals surface area contributed by atoms with Gasteiger partial charge in [0.05, 0.1) is 0 Å². The SMILES string of the molecule is CCC[C@@H]1NC(=O)N(C[NH+]2CC[NH+](C(c3ccccc3)c3ccccc3)CC2)C1=O. The molecular formula is C24H32N4O2+2. The summed E-state index contributed by atoms with van der Waals surface area (Å²) < 4.78 is 0. The topological polar surface area (TPSA) is 58.3 Å². The van der Waals surface area contributed by atoms with Crippen molar-refractivity contribution in [2.45, 2.75) is 31.8 Å². The molecule has 6 heteroatoms. The zero-order valence-corrected chi connectivity index (χ0v) is 17.6. The Bertz CT molecular complexity index is 811. The Hall–Kier alpha value is -2.70. The Labute approximate surface area is 178 Å². The summed E-state index contributed by atoms with van der Waals surface area (Å²) >= 11 is 0. The van der Waals surface area contributed by atoms with E-state index in [9.17, 15) is 9.59 Å². The Balaban J connectivity index is 1.42. The Morgan fingerprint density at radius 3 is 2.03 bits per heavy atom. The second-order valence-electron chi connectivity index (χ2n) is 8.38. The lowest BCUT2D eigenvalue weighted by atomic mass is 9.96. The molecule has 3 amide bonds. The van der Waals surface area contributed by atoms with Crippen molar-refractivity contribution >= 4 is 11.9 Å². The molecule has 2 aromatic rings. The van der Waals surface area contributed by atoms with Gasteiger partial charge in [-0.15, -0.1) is 0 Å². The van der Waals surface area contributed by atoms with Gasteiger partial charge in [0, 0.05) is 11.1 Å². The van der Waals surface area contributed by atoms with Crippen molar-refractivity contribution in [3.63, 3.8) is 0 Å². The highest BCUT2D eigenvalue weighted by molar-refractivity contribution is 6.03. The summed E-state index contributed by atoms with van der Waals surface area (Å²) in [6.07, 6.45) is 1.60. The van der Waals surface area contributed by atoms with Crippen LogP contribution in [0.1, 0.15) is 36.9 Å². The normalized spacial score (nSPS) is 24.3. The highest BCUT2D eigenvalue weighted by Crippen LogP contribution is 2.18. The molecule has 2 aliphatic heterocycles. The average molecular weight is 409 g/mol. The van der Waals surface area contributed by atoms with E-state index in [1.54, 1.807) is 0 Å². The van der Waals surface area contributed by atoms with E-state index in [1.807, 2.05) is 6.92 Å². The van der Waals surface area contributed by atoms with E-state index in [4.69, 9.17) is 0 Å². The molecule has 6 nitrogen and oxygen atoms in total. The molecule has 0 saturated carbocycles. The van der Waals surface area contributed by atoms with E-state index in [-0.39, 0.29) is 18.0 Å². The van der Waals surface area contributed by atoms with Gasteiger partial charge in [0.1, 0.15) is 38.3 Å². The van der Waals surface area contributed by atoms with Crippen molar-refractivity contribution in [2.24, 2.45) is 0 Å². The summed E-state index contributed by atoms with van der Waals surface area (Å²) in [7, 11) is 0. The number of nitrogens with zero attached hydrogens (tertiary/aromatic N) is 1. The van der Waals surface area contributed by atoms with Gasteiger partial charge in [-0.05, 0) is 6.42 Å². The molecule has 158 valence electrons. The molecule has 2 fully saturated rings. The number of rotatable bonds is 7. The first kappa shape index (κ1) is 20.6. The molecule has 2 heterocycles. The molecule has 4 rings (SSSR count). The number of hydrogen-bond acceptors (Lipinski definition) is 2. The number of amides is 3. The number of piperazine rings is 1. The quantitative estimate of drug-likeness (QED) is 0.575. The van der Waals surface area contributed by atoms with E-state index in [0.29, 0.717) is 19.1 Å². The maximum Gasteiger partial charge on any atom is 0.329 e. The second kappa shape index (κ2) is 9.41. The van der Waals surface area contributed by atoms with Crippen molar-refractivity contribution in [3.05, 3.63) is 71.8 Å². The van der Waals surface area contributed by atoms with Crippen LogP contribution in [0.3, 0.4) is 0 Å². The van der Waals surface area contributed by atoms with Crippen LogP contribution in [0.5, 0.6) is 0 Å². The maximum atomic E-state index is 12.5. The number of benzene rings is 2. The second-order valence-corrected chi connectivity index (χ2v) is 8.38. The molecule has 0 spiro atoms. The Morgan fingerprint density at radius 1 is 0.933 bits per heavy atom. The van der Waals surface area contributed by atoms with Crippen molar-refractivity contribution in [2.75, 3.05) is 32.8 Å². The van der Waals surface area contributed by atoms with Crippen LogP contribution in [-0.4, -0.2) is 55.7 Å². The Kier molecular flexibility index (Phi) is 6.45. The highest BCUT2D eigenvalue weighted by Gasteiger charge is 2.40. The first-order chi connectivity index (χ1) is 14.7. The molecule has 3 N–H and O–H groups in total. The minimum absolute atomic E-state index is 0.0597. The summed E-state index contributed by atoms with van der Waals surface area (Å²) in [5.41, 5.74) is 2.66. The van der Waals surface area contributed by atoms with Crippen LogP contribution in [0.15, 0.2) is 60.7 Å². The van der Waals surface area contributed by atoms with Gasteiger partial charge in [-0.25, -0.2) is 9.69 Å². The predicted molar refractivity (Wildman–Crippen MR) is 115 cm³/mol. The molecular weight excluding hydrogens is 376 g/mol. The summed E-state index contributed by atoms with van der Waals surface area (Å²) in [5.74, 6) is -0.0597. The van der Waals surface area contributed by atoms with E-state index < -0.39 is 0 Å². The largest absolute Gasteiger partial charge is 0.329 e. The zero-order chi connectivity index (χ0) is 20.9. The van der Waals surface area contributed by atoms with Crippen LogP contribution in [0.25, 0.3) is 0 Å². The van der Waals surface area contributed by atoms with Crippen LogP contribution in [-0.2, 0) is 4.79 Å². The molecule has 2 saturated heterocycles. The summed E-state index contributed by atoms with van der Waals surface area (Å²) in [6, 6.07) is 21.1. The van der Waals surface area contributed by atoms with Gasteiger partial charge in [-0.2, -0.15) is 0 Å². The molecule has 2 aliphatic rings. The molecule has 0 unspecified atom stereocenters. The van der Waals surface area contributed by atoms with Crippen molar-refractivity contribution in [1.29, 1.82) is 0 Å². The van der Waals surface area contributed by atoms with Gasteiger partial charge in [-0.1, -0.05) is 74.0 Å². The highest BCUT2D eigenvalue weighted by atomic mass is 16.2. The van der Waals surface area contributed by atoms with Gasteiger partial charge in [-0.3, -0.25) is 4.79 Å². The van der Waals surface area contributed by atoms with E-state index in [2.05, 4.69) is 66.0 Å². The molecule has 2 aromatic carbocycles. The fraction of sp³-hybridized carbons (Fsp3) is 0.417. The van der Waals surface area contributed by atoms with Crippen molar-refractivity contribution in [1.82, 2.24) is 10.2 Å². The van der Waals surface area contributed by atoms with E-state index in [0.717, 1.165) is 32.6 Å². The van der Waals surface area contributed by atoms with Gasteiger partial charge < -0.3 is 15.1 Å². The molecule has 1 atom stereocenters. The predicted octanol–water partition coefficient (Wildman–Crippen LogP) is 0.237. The molecule has 0 aliphatic carbocycles. The minimum atomic E-state index is -0.339. The lowest BCUT2D eigenvalue weighted by molar-refractivity contribution is -1.03. The van der Waals surface area contributed by atoms with Gasteiger partial charge in [0.2, 0.25) is 0 Å². The van der Waals surface area contributed by atoms with Crippen LogP contribution < -0.4 is 15.1 Å². The average Bonchev–Trinajstić information content (AvgIpc) is 3.04. The number of urea groups is 1. The Morgan fingerprint density at radius 2 is 1.50 bits per heavy atom. The summed E-state index contributed by atoms with van der Waals surface area (Å²) in [4.78, 5) is 29.1. The standard InChI is InChI=1S/C24H30N4O2/c1-2-9-21-23(29)28(24(30)25-21)18-26-14-16-27(17-15-26)22(19-10-5-3-6-11-19)20-12-7-4-8-13-20/h3-8,10-13,21-22H,2,9,14-18H2,1H3,(H,25,30)/p+2/t21-/m0/s1. The third-order valence-corrected chi connectivity index (χ3v) is 6.34. The molecule has 0 bridgehead atoms. The molecule has 30 heavy (non-hydrogen) atoms. The smallest absolute Gasteiger partial charge is 0.326 e. The zero-order valence-electron chi connectivity index (χ0n) is 17.6. The molecule has 0 aromatic heterocycles. The monoisotopic (exact) mass is 408 g/mol. The number of nitrogens with one attached hydrogen (secondary N) is 3. The van der Waals surface area contributed by atoms with Crippen LogP contribution in [0.4, 0.5) is 4.79 Å². The number of quaternary nitrogens is 2. The lowest BCUT2D eigenvalue weighted by Gasteiger charge is -2.35. The minimum Gasteiger partial charge on any atom is -0.326 e. The van der Waals surface area contributed by atoms with Gasteiger partial charge >= 0.3 is 6.03 Å². The number of hydrogen-bond donors (Lipinski definition) is 3. The summed E-state index contributed by atoms with van der Waals surface area (Å²) in [5, 5.41) is 2.83. The first-order valence-electron chi connectivity index (χ1n) is 11.1. The maximum absolute atomic E-state index is 12.5. The van der Waals surface area contributed by atoms with Gasteiger partial charge in [0.15, 0.2) is 6.67 Å². The fourth-order valence-corrected chi connectivity index (χ4v) is 4.76. The summed E-state index contributed by atoms with van der Waals surface area (Å²) in [6.45, 7) is 6.41. The van der Waals surface area contributed by atoms with Crippen LogP contribution in [0.2, 0.25) is 0 Å². The first-order valence-corrected chi connectivity index (χ1v) is 11.1. The number of carbonyl (C=O) groups is 2.